The van der Waals surface area contributed by atoms with E-state index in [0.717, 1.165) is 29.7 Å². The summed E-state index contributed by atoms with van der Waals surface area (Å²) >= 11 is 0. The fourth-order valence-electron chi connectivity index (χ4n) is 2.20. The molecule has 0 spiro atoms. The third-order valence-electron chi connectivity index (χ3n) is 3.73. The minimum Gasteiger partial charge on any atom is -0.492 e. The van der Waals surface area contributed by atoms with Crippen LogP contribution < -0.4 is 10.5 Å². The Kier molecular flexibility index (Phi) is 4.43. The second-order valence-corrected chi connectivity index (χ2v) is 5.52. The molecule has 1 aliphatic rings. The molecule has 0 aromatic heterocycles. The van der Waals surface area contributed by atoms with Crippen LogP contribution in [-0.2, 0) is 0 Å². The van der Waals surface area contributed by atoms with Gasteiger partial charge in [0.15, 0.2) is 0 Å². The number of hydrogen-bond donors (Lipinski definition) is 2. The van der Waals surface area contributed by atoms with Gasteiger partial charge in [0.2, 0.25) is 0 Å². The van der Waals surface area contributed by atoms with Crippen molar-refractivity contribution >= 4 is 5.84 Å². The van der Waals surface area contributed by atoms with Gasteiger partial charge in [-0.1, -0.05) is 6.92 Å². The van der Waals surface area contributed by atoms with E-state index in [0.29, 0.717) is 6.61 Å². The van der Waals surface area contributed by atoms with Gasteiger partial charge in [0.25, 0.3) is 0 Å². The van der Waals surface area contributed by atoms with Gasteiger partial charge in [-0.15, -0.1) is 0 Å². The zero-order chi connectivity index (χ0) is 13.8. The van der Waals surface area contributed by atoms with Crippen molar-refractivity contribution in [3.63, 3.8) is 0 Å². The fraction of sp³-hybridized carbons (Fsp3) is 0.533. The predicted molar refractivity (Wildman–Crippen MR) is 77.7 cm³/mol. The Labute approximate surface area is 115 Å². The molecular weight excluding hydrogens is 238 g/mol. The van der Waals surface area contributed by atoms with Gasteiger partial charge in [0.05, 0.1) is 0 Å². The third-order valence-corrected chi connectivity index (χ3v) is 3.73. The SMILES string of the molecule is CC1CC1CN(C)CCOc1ccc(C(=N)N)cc1. The summed E-state index contributed by atoms with van der Waals surface area (Å²) in [4.78, 5) is 2.33. The molecule has 3 N–H and O–H groups in total. The highest BCUT2D eigenvalue weighted by Crippen LogP contribution is 2.37. The Morgan fingerprint density at radius 1 is 1.42 bits per heavy atom. The maximum Gasteiger partial charge on any atom is 0.122 e. The van der Waals surface area contributed by atoms with Crippen molar-refractivity contribution in [2.45, 2.75) is 13.3 Å². The van der Waals surface area contributed by atoms with Gasteiger partial charge >= 0.3 is 0 Å². The maximum atomic E-state index is 7.32. The average molecular weight is 261 g/mol. The molecule has 1 saturated carbocycles. The van der Waals surface area contributed by atoms with Crippen molar-refractivity contribution < 1.29 is 4.74 Å². The first-order valence-electron chi connectivity index (χ1n) is 6.82. The molecule has 1 aromatic carbocycles. The summed E-state index contributed by atoms with van der Waals surface area (Å²) < 4.78 is 5.69. The zero-order valence-electron chi connectivity index (χ0n) is 11.7. The van der Waals surface area contributed by atoms with Crippen molar-refractivity contribution in [1.29, 1.82) is 5.41 Å². The Morgan fingerprint density at radius 3 is 2.58 bits per heavy atom. The number of nitrogen functional groups attached to an aromatic ring is 1. The molecule has 0 heterocycles. The van der Waals surface area contributed by atoms with Crippen molar-refractivity contribution in [2.75, 3.05) is 26.7 Å². The lowest BCUT2D eigenvalue weighted by Gasteiger charge is -2.16. The maximum absolute atomic E-state index is 7.32. The predicted octanol–water partition coefficient (Wildman–Crippen LogP) is 1.94. The number of benzene rings is 1. The summed E-state index contributed by atoms with van der Waals surface area (Å²) in [6.45, 7) is 5.12. The molecule has 0 bridgehead atoms. The molecule has 0 amide bonds. The highest BCUT2D eigenvalue weighted by molar-refractivity contribution is 5.94. The van der Waals surface area contributed by atoms with Crippen molar-refractivity contribution in [3.05, 3.63) is 29.8 Å². The first-order valence-corrected chi connectivity index (χ1v) is 6.82. The number of likely N-dealkylation sites (N-methyl/N-ethyl adjacent to an activating group) is 1. The van der Waals surface area contributed by atoms with Gasteiger partial charge in [-0.25, -0.2) is 0 Å². The molecule has 0 radical (unpaired) electrons. The molecule has 2 unspecified atom stereocenters. The normalized spacial score (nSPS) is 21.4. The van der Waals surface area contributed by atoms with Crippen LogP contribution in [0.2, 0.25) is 0 Å². The quantitative estimate of drug-likeness (QED) is 0.582. The van der Waals surface area contributed by atoms with E-state index in [-0.39, 0.29) is 5.84 Å². The molecule has 1 fully saturated rings. The van der Waals surface area contributed by atoms with Crippen LogP contribution in [0.4, 0.5) is 0 Å². The summed E-state index contributed by atoms with van der Waals surface area (Å²) in [5, 5.41) is 7.32. The molecule has 0 aliphatic heterocycles. The second kappa shape index (κ2) is 6.06. The van der Waals surface area contributed by atoms with Gasteiger partial charge in [0, 0.05) is 18.7 Å². The molecule has 1 aliphatic carbocycles. The smallest absolute Gasteiger partial charge is 0.122 e. The standard InChI is InChI=1S/C15H23N3O/c1-11-9-13(11)10-18(2)7-8-19-14-5-3-12(4-6-14)15(16)17/h3-6,11,13H,7-10H2,1-2H3,(H3,16,17). The van der Waals surface area contributed by atoms with Gasteiger partial charge < -0.3 is 15.4 Å². The van der Waals surface area contributed by atoms with E-state index in [2.05, 4.69) is 18.9 Å². The number of ether oxygens (including phenoxy) is 1. The summed E-state index contributed by atoms with van der Waals surface area (Å²) in [6.07, 6.45) is 1.37. The molecule has 19 heavy (non-hydrogen) atoms. The number of nitrogens with one attached hydrogen (secondary N) is 1. The van der Waals surface area contributed by atoms with Crippen LogP contribution in [0.5, 0.6) is 5.75 Å². The highest BCUT2D eigenvalue weighted by atomic mass is 16.5. The van der Waals surface area contributed by atoms with E-state index in [4.69, 9.17) is 15.9 Å². The van der Waals surface area contributed by atoms with Crippen LogP contribution in [0.1, 0.15) is 18.9 Å². The molecule has 104 valence electrons. The summed E-state index contributed by atoms with van der Waals surface area (Å²) in [5.41, 5.74) is 6.13. The molecule has 4 heteroatoms. The summed E-state index contributed by atoms with van der Waals surface area (Å²) in [7, 11) is 2.15. The largest absolute Gasteiger partial charge is 0.492 e. The highest BCUT2D eigenvalue weighted by Gasteiger charge is 2.32. The van der Waals surface area contributed by atoms with Crippen LogP contribution in [-0.4, -0.2) is 37.5 Å². The van der Waals surface area contributed by atoms with Crippen molar-refractivity contribution in [1.82, 2.24) is 4.90 Å². The lowest BCUT2D eigenvalue weighted by Crippen LogP contribution is -2.26. The van der Waals surface area contributed by atoms with Gasteiger partial charge in [-0.3, -0.25) is 5.41 Å². The monoisotopic (exact) mass is 261 g/mol. The Hall–Kier alpha value is -1.55. The van der Waals surface area contributed by atoms with Crippen LogP contribution >= 0.6 is 0 Å². The van der Waals surface area contributed by atoms with Gasteiger partial charge in [-0.2, -0.15) is 0 Å². The van der Waals surface area contributed by atoms with Gasteiger partial charge in [-0.05, 0) is 49.6 Å². The Bertz CT molecular complexity index is 430. The molecule has 2 rings (SSSR count). The van der Waals surface area contributed by atoms with E-state index in [9.17, 15) is 0 Å². The molecule has 0 saturated heterocycles. The molecule has 1 aromatic rings. The van der Waals surface area contributed by atoms with E-state index in [1.807, 2.05) is 24.3 Å². The number of rotatable bonds is 7. The van der Waals surface area contributed by atoms with Crippen LogP contribution in [0.15, 0.2) is 24.3 Å². The minimum absolute atomic E-state index is 0.0878. The van der Waals surface area contributed by atoms with Crippen molar-refractivity contribution in [2.24, 2.45) is 17.6 Å². The van der Waals surface area contributed by atoms with E-state index < -0.39 is 0 Å². The second-order valence-electron chi connectivity index (χ2n) is 5.52. The molecule has 4 nitrogen and oxygen atoms in total. The fourth-order valence-corrected chi connectivity index (χ4v) is 2.20. The summed E-state index contributed by atoms with van der Waals surface area (Å²) in [6, 6.07) is 7.35. The Morgan fingerprint density at radius 2 is 2.05 bits per heavy atom. The number of nitrogens with two attached hydrogens (primary N) is 1. The molecule has 2 atom stereocenters. The summed E-state index contributed by atoms with van der Waals surface area (Å²) in [5.74, 6) is 2.71. The Balaban J connectivity index is 1.68. The van der Waals surface area contributed by atoms with Crippen molar-refractivity contribution in [3.8, 4) is 5.75 Å². The zero-order valence-corrected chi connectivity index (χ0v) is 11.7. The third kappa shape index (κ3) is 4.24. The van der Waals surface area contributed by atoms with E-state index >= 15 is 0 Å². The lowest BCUT2D eigenvalue weighted by molar-refractivity contribution is 0.230. The first-order chi connectivity index (χ1) is 9.06. The van der Waals surface area contributed by atoms with Gasteiger partial charge in [0.1, 0.15) is 18.2 Å². The number of amidine groups is 1. The topological polar surface area (TPSA) is 62.3 Å². The first kappa shape index (κ1) is 13.9. The number of nitrogens with zero attached hydrogens (tertiary/aromatic N) is 1. The van der Waals surface area contributed by atoms with Crippen LogP contribution in [0.25, 0.3) is 0 Å². The lowest BCUT2D eigenvalue weighted by atomic mass is 10.2. The van der Waals surface area contributed by atoms with Crippen LogP contribution in [0, 0.1) is 17.2 Å². The minimum atomic E-state index is 0.0878. The van der Waals surface area contributed by atoms with Crippen LogP contribution in [0.3, 0.4) is 0 Å². The number of hydrogen-bond acceptors (Lipinski definition) is 3. The van der Waals surface area contributed by atoms with E-state index in [1.54, 1.807) is 0 Å². The molecular formula is C15H23N3O. The van der Waals surface area contributed by atoms with E-state index in [1.165, 1.54) is 13.0 Å². The average Bonchev–Trinajstić information content (AvgIpc) is 3.05.